The second-order valence-corrected chi connectivity index (χ2v) is 5.92. The maximum atomic E-state index is 4.86. The Kier molecular flexibility index (Phi) is 3.20. The normalized spacial score (nSPS) is 14.2. The van der Waals surface area contributed by atoms with Crippen molar-refractivity contribution in [1.29, 1.82) is 0 Å². The Morgan fingerprint density at radius 2 is 1.80 bits per heavy atom. The zero-order valence-corrected chi connectivity index (χ0v) is 12.4. The number of aromatic nitrogens is 2. The highest BCUT2D eigenvalue weighted by molar-refractivity contribution is 5.49. The Morgan fingerprint density at radius 1 is 1.05 bits per heavy atom. The van der Waals surface area contributed by atoms with E-state index in [0.29, 0.717) is 0 Å². The van der Waals surface area contributed by atoms with Gasteiger partial charge in [-0.25, -0.2) is 9.97 Å². The average Bonchev–Trinajstić information content (AvgIpc) is 2.95. The van der Waals surface area contributed by atoms with Crippen LogP contribution in [0.15, 0.2) is 30.3 Å². The third kappa shape index (κ3) is 2.07. The standard InChI is InChI=1S/C17H21N3/c1-17(2,12-8-5-4-6-9-12)16-19-14-11-7-10-13(14)15(18-3)20-16/h4-6,8-9H,7,10-11H2,1-3H3,(H,18,19,20). The number of fused-ring (bicyclic) bond motifs is 1. The monoisotopic (exact) mass is 267 g/mol. The molecule has 0 saturated carbocycles. The number of nitrogens with zero attached hydrogens (tertiary/aromatic N) is 2. The van der Waals surface area contributed by atoms with Crippen LogP contribution in [-0.4, -0.2) is 17.0 Å². The molecule has 1 aromatic carbocycles. The summed E-state index contributed by atoms with van der Waals surface area (Å²) in [7, 11) is 1.94. The van der Waals surface area contributed by atoms with Crippen molar-refractivity contribution in [3.63, 3.8) is 0 Å². The summed E-state index contributed by atoms with van der Waals surface area (Å²) in [5.41, 5.74) is 3.60. The lowest BCUT2D eigenvalue weighted by Crippen LogP contribution is -2.24. The average molecular weight is 267 g/mol. The van der Waals surface area contributed by atoms with E-state index in [0.717, 1.165) is 24.5 Å². The molecule has 0 fully saturated rings. The van der Waals surface area contributed by atoms with Crippen LogP contribution in [0.25, 0.3) is 0 Å². The van der Waals surface area contributed by atoms with Crippen LogP contribution in [0, 0.1) is 0 Å². The first-order chi connectivity index (χ1) is 9.63. The fourth-order valence-corrected chi connectivity index (χ4v) is 2.90. The molecule has 3 nitrogen and oxygen atoms in total. The molecule has 20 heavy (non-hydrogen) atoms. The van der Waals surface area contributed by atoms with E-state index in [9.17, 15) is 0 Å². The number of hydrogen-bond donors (Lipinski definition) is 1. The Morgan fingerprint density at radius 3 is 2.50 bits per heavy atom. The zero-order chi connectivity index (χ0) is 14.2. The summed E-state index contributed by atoms with van der Waals surface area (Å²) in [6, 6.07) is 10.5. The summed E-state index contributed by atoms with van der Waals surface area (Å²) in [6.45, 7) is 4.39. The number of nitrogens with one attached hydrogen (secondary N) is 1. The van der Waals surface area contributed by atoms with Crippen molar-refractivity contribution in [3.8, 4) is 0 Å². The minimum atomic E-state index is -0.176. The lowest BCUT2D eigenvalue weighted by molar-refractivity contribution is 0.586. The van der Waals surface area contributed by atoms with E-state index in [-0.39, 0.29) is 5.41 Å². The van der Waals surface area contributed by atoms with Crippen LogP contribution in [0.5, 0.6) is 0 Å². The molecular weight excluding hydrogens is 246 g/mol. The van der Waals surface area contributed by atoms with Crippen molar-refractivity contribution in [2.45, 2.75) is 38.5 Å². The van der Waals surface area contributed by atoms with Gasteiger partial charge < -0.3 is 5.32 Å². The van der Waals surface area contributed by atoms with E-state index in [2.05, 4.69) is 43.4 Å². The molecule has 0 saturated heterocycles. The fourth-order valence-electron chi connectivity index (χ4n) is 2.90. The predicted octanol–water partition coefficient (Wildman–Crippen LogP) is 3.33. The summed E-state index contributed by atoms with van der Waals surface area (Å²) < 4.78 is 0. The van der Waals surface area contributed by atoms with Gasteiger partial charge in [-0.15, -0.1) is 0 Å². The van der Waals surface area contributed by atoms with Gasteiger partial charge in [0.2, 0.25) is 0 Å². The third-order valence-corrected chi connectivity index (χ3v) is 4.22. The van der Waals surface area contributed by atoms with Crippen LogP contribution < -0.4 is 5.32 Å². The van der Waals surface area contributed by atoms with E-state index in [1.165, 1.54) is 23.2 Å². The summed E-state index contributed by atoms with van der Waals surface area (Å²) in [6.07, 6.45) is 3.36. The number of anilines is 1. The molecule has 104 valence electrons. The van der Waals surface area contributed by atoms with Crippen molar-refractivity contribution >= 4 is 5.82 Å². The molecule has 1 heterocycles. The third-order valence-electron chi connectivity index (χ3n) is 4.22. The van der Waals surface area contributed by atoms with E-state index in [1.807, 2.05) is 13.1 Å². The Bertz CT molecular complexity index is 618. The van der Waals surface area contributed by atoms with Gasteiger partial charge in [-0.05, 0) is 38.7 Å². The minimum absolute atomic E-state index is 0.176. The van der Waals surface area contributed by atoms with E-state index in [1.54, 1.807) is 0 Å². The van der Waals surface area contributed by atoms with Gasteiger partial charge in [0.05, 0.1) is 0 Å². The molecule has 0 amide bonds. The molecule has 0 bridgehead atoms. The van der Waals surface area contributed by atoms with Crippen molar-refractivity contribution in [2.75, 3.05) is 12.4 Å². The summed E-state index contributed by atoms with van der Waals surface area (Å²) in [5, 5.41) is 3.24. The first-order valence-corrected chi connectivity index (χ1v) is 7.26. The molecule has 1 aliphatic carbocycles. The molecule has 0 spiro atoms. The van der Waals surface area contributed by atoms with E-state index >= 15 is 0 Å². The lowest BCUT2D eigenvalue weighted by Gasteiger charge is -2.25. The maximum absolute atomic E-state index is 4.86. The van der Waals surface area contributed by atoms with Gasteiger partial charge in [0.15, 0.2) is 0 Å². The number of benzene rings is 1. The van der Waals surface area contributed by atoms with E-state index < -0.39 is 0 Å². The van der Waals surface area contributed by atoms with Crippen LogP contribution in [0.4, 0.5) is 5.82 Å². The van der Waals surface area contributed by atoms with Crippen molar-refractivity contribution in [3.05, 3.63) is 53.0 Å². The highest BCUT2D eigenvalue weighted by atomic mass is 15.0. The summed E-state index contributed by atoms with van der Waals surface area (Å²) in [4.78, 5) is 9.65. The highest BCUT2D eigenvalue weighted by Gasteiger charge is 2.29. The molecular formula is C17H21N3. The Labute approximate surface area is 120 Å². The molecule has 2 aromatic rings. The molecule has 1 aliphatic rings. The molecule has 0 atom stereocenters. The van der Waals surface area contributed by atoms with E-state index in [4.69, 9.17) is 9.97 Å². The molecule has 0 aliphatic heterocycles. The van der Waals surface area contributed by atoms with Gasteiger partial charge in [0, 0.05) is 23.7 Å². The number of rotatable bonds is 3. The van der Waals surface area contributed by atoms with Crippen molar-refractivity contribution < 1.29 is 0 Å². The minimum Gasteiger partial charge on any atom is -0.373 e. The van der Waals surface area contributed by atoms with Gasteiger partial charge in [-0.1, -0.05) is 30.3 Å². The maximum Gasteiger partial charge on any atom is 0.140 e. The van der Waals surface area contributed by atoms with Crippen LogP contribution in [0.3, 0.4) is 0 Å². The number of hydrogen-bond acceptors (Lipinski definition) is 3. The van der Waals surface area contributed by atoms with Gasteiger partial charge in [-0.3, -0.25) is 0 Å². The predicted molar refractivity (Wildman–Crippen MR) is 82.2 cm³/mol. The molecule has 0 unspecified atom stereocenters. The molecule has 0 radical (unpaired) electrons. The van der Waals surface area contributed by atoms with Crippen LogP contribution in [0.2, 0.25) is 0 Å². The lowest BCUT2D eigenvalue weighted by atomic mass is 9.83. The topological polar surface area (TPSA) is 37.8 Å². The van der Waals surface area contributed by atoms with Gasteiger partial charge in [-0.2, -0.15) is 0 Å². The molecule has 1 N–H and O–H groups in total. The zero-order valence-electron chi connectivity index (χ0n) is 12.4. The van der Waals surface area contributed by atoms with Gasteiger partial charge >= 0.3 is 0 Å². The SMILES string of the molecule is CNc1nc(C(C)(C)c2ccccc2)nc2c1CCC2. The van der Waals surface area contributed by atoms with Gasteiger partial charge in [0.25, 0.3) is 0 Å². The molecule has 1 aromatic heterocycles. The van der Waals surface area contributed by atoms with Crippen LogP contribution in [-0.2, 0) is 18.3 Å². The second-order valence-electron chi connectivity index (χ2n) is 5.92. The fraction of sp³-hybridized carbons (Fsp3) is 0.412. The second kappa shape index (κ2) is 4.89. The smallest absolute Gasteiger partial charge is 0.140 e. The first kappa shape index (κ1) is 13.1. The van der Waals surface area contributed by atoms with Crippen molar-refractivity contribution in [2.24, 2.45) is 0 Å². The molecule has 3 rings (SSSR count). The Hall–Kier alpha value is -1.90. The van der Waals surface area contributed by atoms with Crippen LogP contribution >= 0.6 is 0 Å². The van der Waals surface area contributed by atoms with Crippen molar-refractivity contribution in [1.82, 2.24) is 9.97 Å². The summed E-state index contributed by atoms with van der Waals surface area (Å²) in [5.74, 6) is 1.92. The quantitative estimate of drug-likeness (QED) is 0.927. The Balaban J connectivity index is 2.10. The number of aryl methyl sites for hydroxylation is 1. The highest BCUT2D eigenvalue weighted by Crippen LogP contribution is 2.33. The summed E-state index contributed by atoms with van der Waals surface area (Å²) >= 11 is 0. The van der Waals surface area contributed by atoms with Gasteiger partial charge in [0.1, 0.15) is 11.6 Å². The van der Waals surface area contributed by atoms with Crippen LogP contribution in [0.1, 0.15) is 42.9 Å². The first-order valence-electron chi connectivity index (χ1n) is 7.26. The molecule has 3 heteroatoms. The largest absolute Gasteiger partial charge is 0.373 e.